The number of anilines is 1. The molecule has 3 rings (SSSR count). The highest BCUT2D eigenvalue weighted by molar-refractivity contribution is 7.15. The van der Waals surface area contributed by atoms with Gasteiger partial charge in [0.05, 0.1) is 23.9 Å². The summed E-state index contributed by atoms with van der Waals surface area (Å²) in [6.07, 6.45) is 4.00. The maximum Gasteiger partial charge on any atom is 0.193 e. The average Bonchev–Trinajstić information content (AvgIpc) is 2.97. The molecule has 0 amide bonds. The lowest BCUT2D eigenvalue weighted by atomic mass is 10.2. The summed E-state index contributed by atoms with van der Waals surface area (Å²) in [4.78, 5) is 5.48. The van der Waals surface area contributed by atoms with E-state index < -0.39 is 0 Å². The standard InChI is InChI=1S/C13H10N4S/c14-7-10-2-1-3-11(6-10)15-8-12-9-17-4-5-18-13(17)16-12/h1-6,9,15H,8H2. The van der Waals surface area contributed by atoms with Crippen LogP contribution in [0.25, 0.3) is 4.96 Å². The molecule has 0 spiro atoms. The summed E-state index contributed by atoms with van der Waals surface area (Å²) in [5, 5.41) is 14.1. The third-order valence-electron chi connectivity index (χ3n) is 2.61. The van der Waals surface area contributed by atoms with E-state index in [1.807, 2.05) is 40.4 Å². The minimum atomic E-state index is 0.656. The van der Waals surface area contributed by atoms with Crippen LogP contribution < -0.4 is 5.32 Å². The van der Waals surface area contributed by atoms with Crippen LogP contribution in [0.5, 0.6) is 0 Å². The fraction of sp³-hybridized carbons (Fsp3) is 0.0769. The number of hydrogen-bond acceptors (Lipinski definition) is 4. The fourth-order valence-corrected chi connectivity index (χ4v) is 2.47. The molecule has 1 aromatic carbocycles. The zero-order chi connectivity index (χ0) is 12.4. The molecule has 0 saturated heterocycles. The van der Waals surface area contributed by atoms with Crippen LogP contribution in [0.2, 0.25) is 0 Å². The van der Waals surface area contributed by atoms with E-state index in [2.05, 4.69) is 16.4 Å². The van der Waals surface area contributed by atoms with Crippen LogP contribution in [0.4, 0.5) is 5.69 Å². The van der Waals surface area contributed by atoms with E-state index in [9.17, 15) is 0 Å². The first-order chi connectivity index (χ1) is 8.85. The first kappa shape index (κ1) is 10.8. The Morgan fingerprint density at radius 3 is 3.22 bits per heavy atom. The first-order valence-corrected chi connectivity index (χ1v) is 6.38. The summed E-state index contributed by atoms with van der Waals surface area (Å²) in [6, 6.07) is 9.56. The van der Waals surface area contributed by atoms with Gasteiger partial charge in [0.15, 0.2) is 4.96 Å². The van der Waals surface area contributed by atoms with Gasteiger partial charge < -0.3 is 5.32 Å². The van der Waals surface area contributed by atoms with Gasteiger partial charge in [0.25, 0.3) is 0 Å². The van der Waals surface area contributed by atoms with Crippen molar-refractivity contribution >= 4 is 22.0 Å². The van der Waals surface area contributed by atoms with Crippen LogP contribution in [-0.2, 0) is 6.54 Å². The van der Waals surface area contributed by atoms with Crippen LogP contribution >= 0.6 is 11.3 Å². The maximum absolute atomic E-state index is 8.82. The smallest absolute Gasteiger partial charge is 0.193 e. The molecule has 88 valence electrons. The van der Waals surface area contributed by atoms with Crippen LogP contribution in [0, 0.1) is 11.3 Å². The Hall–Kier alpha value is -2.32. The summed E-state index contributed by atoms with van der Waals surface area (Å²) in [5.41, 5.74) is 2.58. The number of rotatable bonds is 3. The van der Waals surface area contributed by atoms with E-state index in [1.54, 1.807) is 17.4 Å². The molecule has 0 aliphatic rings. The molecule has 1 N–H and O–H groups in total. The van der Waals surface area contributed by atoms with E-state index >= 15 is 0 Å². The third kappa shape index (κ3) is 2.06. The number of nitrogens with zero attached hydrogens (tertiary/aromatic N) is 3. The lowest BCUT2D eigenvalue weighted by molar-refractivity contribution is 1.08. The molecule has 0 unspecified atom stereocenters. The molecule has 2 aromatic heterocycles. The van der Waals surface area contributed by atoms with Gasteiger partial charge in [-0.05, 0) is 18.2 Å². The number of fused-ring (bicyclic) bond motifs is 1. The number of thiazole rings is 1. The zero-order valence-corrected chi connectivity index (χ0v) is 10.3. The van der Waals surface area contributed by atoms with E-state index in [0.717, 1.165) is 16.3 Å². The van der Waals surface area contributed by atoms with Gasteiger partial charge in [0.2, 0.25) is 0 Å². The van der Waals surface area contributed by atoms with Crippen LogP contribution in [0.3, 0.4) is 0 Å². The lowest BCUT2D eigenvalue weighted by Crippen LogP contribution is -1.99. The summed E-state index contributed by atoms with van der Waals surface area (Å²) in [6.45, 7) is 0.656. The molecule has 0 atom stereocenters. The number of imidazole rings is 1. The van der Waals surface area contributed by atoms with Crippen molar-refractivity contribution in [3.05, 3.63) is 53.3 Å². The molecule has 0 radical (unpaired) electrons. The van der Waals surface area contributed by atoms with Crippen LogP contribution in [0.15, 0.2) is 42.0 Å². The Kier molecular flexibility index (Phi) is 2.71. The topological polar surface area (TPSA) is 53.1 Å². The van der Waals surface area contributed by atoms with Crippen molar-refractivity contribution in [1.82, 2.24) is 9.38 Å². The van der Waals surface area contributed by atoms with Crippen molar-refractivity contribution in [3.8, 4) is 6.07 Å². The van der Waals surface area contributed by atoms with Crippen molar-refractivity contribution in [2.75, 3.05) is 5.32 Å². The maximum atomic E-state index is 8.82. The highest BCUT2D eigenvalue weighted by atomic mass is 32.1. The molecule has 0 fully saturated rings. The second-order valence-corrected chi connectivity index (χ2v) is 4.74. The van der Waals surface area contributed by atoms with Crippen LogP contribution in [-0.4, -0.2) is 9.38 Å². The largest absolute Gasteiger partial charge is 0.379 e. The summed E-state index contributed by atoms with van der Waals surface area (Å²) < 4.78 is 2.01. The van der Waals surface area contributed by atoms with Crippen molar-refractivity contribution in [2.24, 2.45) is 0 Å². The van der Waals surface area contributed by atoms with E-state index in [-0.39, 0.29) is 0 Å². The molecule has 2 heterocycles. The third-order valence-corrected chi connectivity index (χ3v) is 3.38. The molecule has 4 nitrogen and oxygen atoms in total. The van der Waals surface area contributed by atoms with Gasteiger partial charge in [-0.3, -0.25) is 4.40 Å². The quantitative estimate of drug-likeness (QED) is 0.782. The number of aromatic nitrogens is 2. The highest BCUT2D eigenvalue weighted by Gasteiger charge is 2.02. The zero-order valence-electron chi connectivity index (χ0n) is 9.50. The predicted molar refractivity (Wildman–Crippen MR) is 71.6 cm³/mol. The Labute approximate surface area is 108 Å². The Bertz CT molecular complexity index is 691. The lowest BCUT2D eigenvalue weighted by Gasteiger charge is -2.03. The molecule has 0 aliphatic carbocycles. The van der Waals surface area contributed by atoms with E-state index in [4.69, 9.17) is 5.26 Å². The van der Waals surface area contributed by atoms with Crippen molar-refractivity contribution < 1.29 is 0 Å². The summed E-state index contributed by atoms with van der Waals surface area (Å²) in [5.74, 6) is 0. The SMILES string of the molecule is N#Cc1cccc(NCc2cn3ccsc3n2)c1. The second-order valence-electron chi connectivity index (χ2n) is 3.87. The van der Waals surface area contributed by atoms with Gasteiger partial charge in [-0.15, -0.1) is 11.3 Å². The molecule has 3 aromatic rings. The number of nitrogens with one attached hydrogen (secondary N) is 1. The van der Waals surface area contributed by atoms with E-state index in [0.29, 0.717) is 12.1 Å². The number of nitriles is 1. The van der Waals surface area contributed by atoms with Gasteiger partial charge in [0, 0.05) is 23.5 Å². The van der Waals surface area contributed by atoms with Gasteiger partial charge in [-0.1, -0.05) is 6.07 Å². The van der Waals surface area contributed by atoms with Gasteiger partial charge >= 0.3 is 0 Å². The summed E-state index contributed by atoms with van der Waals surface area (Å²) in [7, 11) is 0. The van der Waals surface area contributed by atoms with Gasteiger partial charge in [-0.2, -0.15) is 5.26 Å². The highest BCUT2D eigenvalue weighted by Crippen LogP contribution is 2.14. The monoisotopic (exact) mass is 254 g/mol. The summed E-state index contributed by atoms with van der Waals surface area (Å²) >= 11 is 1.62. The molecule has 18 heavy (non-hydrogen) atoms. The van der Waals surface area contributed by atoms with Crippen molar-refractivity contribution in [2.45, 2.75) is 6.54 Å². The first-order valence-electron chi connectivity index (χ1n) is 5.50. The predicted octanol–water partition coefficient (Wildman–Crippen LogP) is 2.88. The average molecular weight is 254 g/mol. The molecule has 0 bridgehead atoms. The molecule has 5 heteroatoms. The van der Waals surface area contributed by atoms with Gasteiger partial charge in [-0.25, -0.2) is 4.98 Å². The van der Waals surface area contributed by atoms with Crippen LogP contribution in [0.1, 0.15) is 11.3 Å². The molecule has 0 aliphatic heterocycles. The Balaban J connectivity index is 1.74. The van der Waals surface area contributed by atoms with Crippen molar-refractivity contribution in [3.63, 3.8) is 0 Å². The number of benzene rings is 1. The van der Waals surface area contributed by atoms with E-state index in [1.165, 1.54) is 0 Å². The number of hydrogen-bond donors (Lipinski definition) is 1. The molecular formula is C13H10N4S. The molecular weight excluding hydrogens is 244 g/mol. The normalized spacial score (nSPS) is 10.4. The second kappa shape index (κ2) is 4.51. The molecule has 0 saturated carbocycles. The Morgan fingerprint density at radius 2 is 2.39 bits per heavy atom. The minimum Gasteiger partial charge on any atom is -0.379 e. The van der Waals surface area contributed by atoms with Gasteiger partial charge in [0.1, 0.15) is 0 Å². The fourth-order valence-electron chi connectivity index (χ4n) is 1.75. The minimum absolute atomic E-state index is 0.656. The Morgan fingerprint density at radius 1 is 1.44 bits per heavy atom. The van der Waals surface area contributed by atoms with Crippen molar-refractivity contribution in [1.29, 1.82) is 5.26 Å².